The first-order valence-electron chi connectivity index (χ1n) is 10.5. The van der Waals surface area contributed by atoms with E-state index in [0.717, 1.165) is 16.8 Å². The predicted molar refractivity (Wildman–Crippen MR) is 122 cm³/mol. The van der Waals surface area contributed by atoms with Crippen LogP contribution in [0.4, 0.5) is 11.5 Å². The van der Waals surface area contributed by atoms with Crippen LogP contribution < -0.4 is 11.1 Å². The molecule has 3 heterocycles. The van der Waals surface area contributed by atoms with Crippen LogP contribution >= 0.6 is 0 Å². The first-order chi connectivity index (χ1) is 15.2. The van der Waals surface area contributed by atoms with Crippen LogP contribution in [-0.4, -0.2) is 38.2 Å². The second-order valence-electron chi connectivity index (χ2n) is 8.85. The Bertz CT molecular complexity index is 1170. The van der Waals surface area contributed by atoms with Gasteiger partial charge in [0.25, 0.3) is 0 Å². The summed E-state index contributed by atoms with van der Waals surface area (Å²) in [5, 5.41) is 3.32. The molecular weight excluding hydrogens is 404 g/mol. The van der Waals surface area contributed by atoms with Crippen molar-refractivity contribution >= 4 is 23.3 Å². The minimum absolute atomic E-state index is 0.0861. The van der Waals surface area contributed by atoms with E-state index in [1.54, 1.807) is 30.6 Å². The lowest BCUT2D eigenvalue weighted by atomic mass is 9.93. The van der Waals surface area contributed by atoms with Gasteiger partial charge in [-0.2, -0.15) is 0 Å². The lowest BCUT2D eigenvalue weighted by Crippen LogP contribution is -2.42. The number of carbonyl (C=O) groups excluding carboxylic acids is 2. The number of carbonyl (C=O) groups is 2. The minimum atomic E-state index is -0.502. The number of hydrogen-bond donors (Lipinski definition) is 2. The standard InChI is InChI=1S/C24H26N6O2/c1-24(2,3)23(32)30-12-9-19-18(14-30)22(27-17-6-4-5-16(13-17)20(25)31)29-21(28-19)15-7-10-26-11-8-15/h4-8,10-11,13H,9,12,14H2,1-3H3,(H2,25,31)(H,27,28,29). The molecule has 8 nitrogen and oxygen atoms in total. The Morgan fingerprint density at radius 3 is 2.53 bits per heavy atom. The van der Waals surface area contributed by atoms with Crippen LogP contribution in [0.1, 0.15) is 42.4 Å². The third-order valence-electron chi connectivity index (χ3n) is 5.34. The van der Waals surface area contributed by atoms with Crippen LogP contribution in [0.15, 0.2) is 48.8 Å². The molecule has 1 aromatic carbocycles. The summed E-state index contributed by atoms with van der Waals surface area (Å²) in [6.45, 7) is 6.78. The van der Waals surface area contributed by atoms with E-state index in [1.165, 1.54) is 0 Å². The molecule has 1 aliphatic heterocycles. The highest BCUT2D eigenvalue weighted by Crippen LogP contribution is 2.31. The molecule has 32 heavy (non-hydrogen) atoms. The maximum Gasteiger partial charge on any atom is 0.248 e. The molecule has 2 aromatic heterocycles. The normalized spacial score (nSPS) is 13.4. The van der Waals surface area contributed by atoms with Crippen molar-refractivity contribution in [1.82, 2.24) is 19.9 Å². The van der Waals surface area contributed by atoms with Gasteiger partial charge in [-0.15, -0.1) is 0 Å². The zero-order valence-corrected chi connectivity index (χ0v) is 18.4. The van der Waals surface area contributed by atoms with E-state index in [0.29, 0.717) is 42.4 Å². The third kappa shape index (κ3) is 4.44. The van der Waals surface area contributed by atoms with Gasteiger partial charge in [0.2, 0.25) is 11.8 Å². The first-order valence-corrected chi connectivity index (χ1v) is 10.5. The second-order valence-corrected chi connectivity index (χ2v) is 8.85. The molecule has 3 N–H and O–H groups in total. The van der Waals surface area contributed by atoms with Gasteiger partial charge in [0.05, 0.1) is 12.2 Å². The van der Waals surface area contributed by atoms with Gasteiger partial charge in [0.15, 0.2) is 5.82 Å². The zero-order valence-electron chi connectivity index (χ0n) is 18.4. The summed E-state index contributed by atoms with van der Waals surface area (Å²) < 4.78 is 0. The molecule has 0 radical (unpaired) electrons. The molecule has 0 spiro atoms. The lowest BCUT2D eigenvalue weighted by molar-refractivity contribution is -0.140. The summed E-state index contributed by atoms with van der Waals surface area (Å²) in [5.74, 6) is 0.769. The summed E-state index contributed by atoms with van der Waals surface area (Å²) in [6.07, 6.45) is 4.03. The minimum Gasteiger partial charge on any atom is -0.366 e. The van der Waals surface area contributed by atoms with Crippen molar-refractivity contribution in [2.45, 2.75) is 33.7 Å². The predicted octanol–water partition coefficient (Wildman–Crippen LogP) is 3.31. The van der Waals surface area contributed by atoms with E-state index in [4.69, 9.17) is 15.7 Å². The maximum atomic E-state index is 12.9. The summed E-state index contributed by atoms with van der Waals surface area (Å²) in [5.41, 5.74) is 8.67. The fourth-order valence-corrected chi connectivity index (χ4v) is 3.68. The average molecular weight is 431 g/mol. The Labute approximate surface area is 186 Å². The van der Waals surface area contributed by atoms with Gasteiger partial charge >= 0.3 is 0 Å². The van der Waals surface area contributed by atoms with Gasteiger partial charge in [-0.1, -0.05) is 26.8 Å². The molecule has 8 heteroatoms. The fraction of sp³-hybridized carbons (Fsp3) is 0.292. The molecule has 0 saturated heterocycles. The van der Waals surface area contributed by atoms with E-state index >= 15 is 0 Å². The molecule has 1 aliphatic rings. The first kappa shape index (κ1) is 21.4. The van der Waals surface area contributed by atoms with Gasteiger partial charge in [-0.3, -0.25) is 14.6 Å². The van der Waals surface area contributed by atoms with Gasteiger partial charge in [0.1, 0.15) is 5.82 Å². The Morgan fingerprint density at radius 2 is 1.84 bits per heavy atom. The molecule has 0 bridgehead atoms. The topological polar surface area (TPSA) is 114 Å². The molecular formula is C24H26N6O2. The SMILES string of the molecule is CC(C)(C)C(=O)N1CCc2nc(-c3ccncc3)nc(Nc3cccc(C(N)=O)c3)c2C1. The number of benzene rings is 1. The van der Waals surface area contributed by atoms with Crippen LogP contribution in [0.2, 0.25) is 0 Å². The smallest absolute Gasteiger partial charge is 0.248 e. The number of aromatic nitrogens is 3. The molecule has 4 rings (SSSR count). The monoisotopic (exact) mass is 430 g/mol. The number of hydrogen-bond acceptors (Lipinski definition) is 6. The number of nitrogens with two attached hydrogens (primary N) is 1. The number of nitrogens with one attached hydrogen (secondary N) is 1. The average Bonchev–Trinajstić information content (AvgIpc) is 2.78. The highest BCUT2D eigenvalue weighted by molar-refractivity contribution is 5.94. The highest BCUT2D eigenvalue weighted by atomic mass is 16.2. The number of pyridine rings is 1. The maximum absolute atomic E-state index is 12.9. The van der Waals surface area contributed by atoms with Crippen molar-refractivity contribution < 1.29 is 9.59 Å². The summed E-state index contributed by atoms with van der Waals surface area (Å²) in [4.78, 5) is 40.0. The number of fused-ring (bicyclic) bond motifs is 1. The second kappa shape index (κ2) is 8.37. The van der Waals surface area contributed by atoms with Crippen LogP contribution in [0.3, 0.4) is 0 Å². The quantitative estimate of drug-likeness (QED) is 0.656. The van der Waals surface area contributed by atoms with E-state index in [2.05, 4.69) is 10.3 Å². The third-order valence-corrected chi connectivity index (χ3v) is 5.34. The van der Waals surface area contributed by atoms with Gasteiger partial charge in [0, 0.05) is 53.2 Å². The number of amides is 2. The summed E-state index contributed by atoms with van der Waals surface area (Å²) in [6, 6.07) is 10.7. The number of nitrogens with zero attached hydrogens (tertiary/aromatic N) is 4. The van der Waals surface area contributed by atoms with Crippen molar-refractivity contribution in [3.63, 3.8) is 0 Å². The fourth-order valence-electron chi connectivity index (χ4n) is 3.68. The van der Waals surface area contributed by atoms with Crippen LogP contribution in [0, 0.1) is 5.41 Å². The highest BCUT2D eigenvalue weighted by Gasteiger charge is 2.32. The molecule has 0 saturated carbocycles. The molecule has 2 amide bonds. The van der Waals surface area contributed by atoms with Gasteiger partial charge < -0.3 is 16.0 Å². The van der Waals surface area contributed by atoms with Crippen molar-refractivity contribution in [3.05, 3.63) is 65.6 Å². The summed E-state index contributed by atoms with van der Waals surface area (Å²) in [7, 11) is 0. The zero-order chi connectivity index (χ0) is 22.9. The van der Waals surface area contributed by atoms with E-state index in [9.17, 15) is 9.59 Å². The molecule has 3 aromatic rings. The van der Waals surface area contributed by atoms with Crippen LogP contribution in [0.25, 0.3) is 11.4 Å². The number of anilines is 2. The Kier molecular flexibility index (Phi) is 5.61. The van der Waals surface area contributed by atoms with Crippen LogP contribution in [-0.2, 0) is 17.8 Å². The van der Waals surface area contributed by atoms with E-state index in [-0.39, 0.29) is 5.91 Å². The van der Waals surface area contributed by atoms with Crippen molar-refractivity contribution in [2.75, 3.05) is 11.9 Å². The summed E-state index contributed by atoms with van der Waals surface area (Å²) >= 11 is 0. The number of rotatable bonds is 4. The van der Waals surface area contributed by atoms with Gasteiger partial charge in [-0.25, -0.2) is 9.97 Å². The number of primary amides is 1. The van der Waals surface area contributed by atoms with E-state index in [1.807, 2.05) is 43.9 Å². The molecule has 0 unspecified atom stereocenters. The Morgan fingerprint density at radius 1 is 1.09 bits per heavy atom. The van der Waals surface area contributed by atoms with Crippen molar-refractivity contribution in [2.24, 2.45) is 11.1 Å². The molecule has 164 valence electrons. The van der Waals surface area contributed by atoms with Crippen molar-refractivity contribution in [3.8, 4) is 11.4 Å². The van der Waals surface area contributed by atoms with E-state index < -0.39 is 11.3 Å². The van der Waals surface area contributed by atoms with Gasteiger partial charge in [-0.05, 0) is 30.3 Å². The van der Waals surface area contributed by atoms with Crippen LogP contribution in [0.5, 0.6) is 0 Å². The molecule has 0 aliphatic carbocycles. The Hall–Kier alpha value is -3.81. The Balaban J connectivity index is 1.77. The molecule has 0 fully saturated rings. The lowest BCUT2D eigenvalue weighted by Gasteiger charge is -2.34. The van der Waals surface area contributed by atoms with Crippen molar-refractivity contribution in [1.29, 1.82) is 0 Å². The largest absolute Gasteiger partial charge is 0.366 e. The molecule has 0 atom stereocenters.